The summed E-state index contributed by atoms with van der Waals surface area (Å²) in [5.41, 5.74) is 6.26. The molecule has 0 bridgehead atoms. The minimum Gasteiger partial charge on any atom is -0.279 e. The lowest BCUT2D eigenvalue weighted by Gasteiger charge is -2.12. The summed E-state index contributed by atoms with van der Waals surface area (Å²) in [7, 11) is 1.62. The summed E-state index contributed by atoms with van der Waals surface area (Å²) in [5.74, 6) is 0. The van der Waals surface area contributed by atoms with E-state index in [0.29, 0.717) is 0 Å². The Hall–Kier alpha value is -2.32. The van der Waals surface area contributed by atoms with Crippen LogP contribution in [0.5, 0.6) is 0 Å². The summed E-state index contributed by atoms with van der Waals surface area (Å²) in [4.78, 5) is 5.05. The summed E-state index contributed by atoms with van der Waals surface area (Å²) < 4.78 is 0. The fraction of sp³-hybridized carbons (Fsp3) is 0.0588. The normalized spacial score (nSPS) is 10.6. The van der Waals surface area contributed by atoms with Crippen LogP contribution in [0.2, 0.25) is 0 Å². The first-order chi connectivity index (χ1) is 9.40. The van der Waals surface area contributed by atoms with E-state index in [0.717, 1.165) is 11.3 Å². The molecule has 0 saturated heterocycles. The zero-order chi connectivity index (χ0) is 13.1. The Morgan fingerprint density at radius 3 is 2.32 bits per heavy atom. The van der Waals surface area contributed by atoms with Gasteiger partial charge < -0.3 is 0 Å². The number of anilines is 1. The van der Waals surface area contributed by atoms with Gasteiger partial charge in [0.1, 0.15) is 0 Å². The Morgan fingerprint density at radius 2 is 1.42 bits per heavy atom. The quantitative estimate of drug-likeness (QED) is 0.691. The summed E-state index contributed by atoms with van der Waals surface area (Å²) in [6, 6.07) is 22.9. The van der Waals surface area contributed by atoms with Gasteiger partial charge in [-0.05, 0) is 22.4 Å². The molecule has 0 aromatic heterocycles. The molecule has 0 heterocycles. The topological polar surface area (TPSA) is 21.3 Å². The first kappa shape index (κ1) is 11.8. The van der Waals surface area contributed by atoms with Crippen molar-refractivity contribution >= 4 is 16.5 Å². The molecule has 0 amide bonds. The first-order valence-electron chi connectivity index (χ1n) is 6.26. The average Bonchev–Trinajstić information content (AvgIpc) is 2.48. The van der Waals surface area contributed by atoms with Gasteiger partial charge in [0.25, 0.3) is 0 Å². The van der Waals surface area contributed by atoms with Crippen LogP contribution in [0.25, 0.3) is 21.9 Å². The van der Waals surface area contributed by atoms with Crippen molar-refractivity contribution in [2.45, 2.75) is 0 Å². The molecule has 3 aromatic carbocycles. The van der Waals surface area contributed by atoms with Crippen LogP contribution in [-0.2, 0) is 4.84 Å². The molecular weight excluding hydrogens is 234 g/mol. The highest BCUT2D eigenvalue weighted by atomic mass is 16.6. The van der Waals surface area contributed by atoms with Crippen LogP contribution in [-0.4, -0.2) is 7.11 Å². The zero-order valence-corrected chi connectivity index (χ0v) is 10.8. The fourth-order valence-corrected chi connectivity index (χ4v) is 2.38. The van der Waals surface area contributed by atoms with E-state index in [1.807, 2.05) is 18.2 Å². The molecule has 0 aliphatic carbocycles. The lowest BCUT2D eigenvalue weighted by molar-refractivity contribution is 0.271. The smallest absolute Gasteiger partial charge is 0.0683 e. The van der Waals surface area contributed by atoms with Gasteiger partial charge in [-0.1, -0.05) is 60.7 Å². The zero-order valence-electron chi connectivity index (χ0n) is 10.8. The van der Waals surface area contributed by atoms with Crippen LogP contribution in [0, 0.1) is 0 Å². The third-order valence-electron chi connectivity index (χ3n) is 3.22. The molecule has 19 heavy (non-hydrogen) atoms. The Balaban J connectivity index is 2.25. The van der Waals surface area contributed by atoms with Gasteiger partial charge in [0, 0.05) is 5.56 Å². The molecule has 3 aromatic rings. The standard InChI is InChI=1S/C17H15NO/c1-19-18-17-12-5-4-10-16(17)15-11-6-8-13-7-2-3-9-14(13)15/h2-12,18H,1H3. The highest BCUT2D eigenvalue weighted by molar-refractivity contribution is 5.99. The van der Waals surface area contributed by atoms with Crippen LogP contribution in [0.1, 0.15) is 0 Å². The van der Waals surface area contributed by atoms with E-state index in [1.165, 1.54) is 16.3 Å². The van der Waals surface area contributed by atoms with Crippen molar-refractivity contribution < 1.29 is 4.84 Å². The first-order valence-corrected chi connectivity index (χ1v) is 6.26. The largest absolute Gasteiger partial charge is 0.279 e. The van der Waals surface area contributed by atoms with Crippen molar-refractivity contribution in [2.24, 2.45) is 0 Å². The van der Waals surface area contributed by atoms with Gasteiger partial charge in [-0.25, -0.2) is 0 Å². The Bertz CT molecular complexity index is 701. The van der Waals surface area contributed by atoms with Gasteiger partial charge >= 0.3 is 0 Å². The molecule has 0 atom stereocenters. The van der Waals surface area contributed by atoms with Crippen molar-refractivity contribution in [1.82, 2.24) is 0 Å². The molecule has 0 unspecified atom stereocenters. The molecule has 0 radical (unpaired) electrons. The highest BCUT2D eigenvalue weighted by Crippen LogP contribution is 2.33. The molecule has 0 spiro atoms. The van der Waals surface area contributed by atoms with Crippen molar-refractivity contribution in [3.05, 3.63) is 66.7 Å². The third kappa shape index (κ3) is 2.18. The van der Waals surface area contributed by atoms with Crippen molar-refractivity contribution in [3.8, 4) is 11.1 Å². The number of hydrogen-bond donors (Lipinski definition) is 1. The number of rotatable bonds is 3. The van der Waals surface area contributed by atoms with Crippen LogP contribution in [0.3, 0.4) is 0 Å². The summed E-state index contributed by atoms with van der Waals surface area (Å²) in [6.07, 6.45) is 0. The molecular formula is C17H15NO. The van der Waals surface area contributed by atoms with Crippen molar-refractivity contribution in [1.29, 1.82) is 0 Å². The summed E-state index contributed by atoms with van der Waals surface area (Å²) in [5, 5.41) is 2.49. The number of fused-ring (bicyclic) bond motifs is 1. The molecule has 2 heteroatoms. The van der Waals surface area contributed by atoms with Crippen molar-refractivity contribution in [2.75, 3.05) is 12.6 Å². The fourth-order valence-electron chi connectivity index (χ4n) is 2.38. The van der Waals surface area contributed by atoms with E-state index in [-0.39, 0.29) is 0 Å². The predicted octanol–water partition coefficient (Wildman–Crippen LogP) is 4.48. The second-order valence-electron chi connectivity index (χ2n) is 4.38. The Labute approximate surface area is 112 Å². The van der Waals surface area contributed by atoms with Gasteiger partial charge in [-0.15, -0.1) is 0 Å². The van der Waals surface area contributed by atoms with Crippen LogP contribution in [0.4, 0.5) is 5.69 Å². The molecule has 2 nitrogen and oxygen atoms in total. The highest BCUT2D eigenvalue weighted by Gasteiger charge is 2.07. The van der Waals surface area contributed by atoms with Crippen molar-refractivity contribution in [3.63, 3.8) is 0 Å². The van der Waals surface area contributed by atoms with Gasteiger partial charge in [-0.2, -0.15) is 0 Å². The second kappa shape index (κ2) is 5.12. The van der Waals surface area contributed by atoms with Gasteiger partial charge in [0.15, 0.2) is 0 Å². The maximum Gasteiger partial charge on any atom is 0.0683 e. The third-order valence-corrected chi connectivity index (χ3v) is 3.22. The van der Waals surface area contributed by atoms with Gasteiger partial charge in [0.2, 0.25) is 0 Å². The monoisotopic (exact) mass is 249 g/mol. The lowest BCUT2D eigenvalue weighted by atomic mass is 9.97. The van der Waals surface area contributed by atoms with E-state index < -0.39 is 0 Å². The predicted molar refractivity (Wildman–Crippen MR) is 80.0 cm³/mol. The molecule has 0 aliphatic heterocycles. The Kier molecular flexibility index (Phi) is 3.17. The van der Waals surface area contributed by atoms with Crippen LogP contribution >= 0.6 is 0 Å². The molecule has 0 saturated carbocycles. The maximum absolute atomic E-state index is 5.05. The van der Waals surface area contributed by atoms with E-state index in [4.69, 9.17) is 4.84 Å². The van der Waals surface area contributed by atoms with E-state index >= 15 is 0 Å². The molecule has 1 N–H and O–H groups in total. The number of nitrogens with one attached hydrogen (secondary N) is 1. The van der Waals surface area contributed by atoms with E-state index in [9.17, 15) is 0 Å². The van der Waals surface area contributed by atoms with Crippen LogP contribution < -0.4 is 5.48 Å². The summed E-state index contributed by atoms with van der Waals surface area (Å²) >= 11 is 0. The number of hydrogen-bond acceptors (Lipinski definition) is 2. The summed E-state index contributed by atoms with van der Waals surface area (Å²) in [6.45, 7) is 0. The van der Waals surface area contributed by atoms with Gasteiger partial charge in [-0.3, -0.25) is 10.3 Å². The molecule has 94 valence electrons. The molecule has 0 fully saturated rings. The minimum atomic E-state index is 0.973. The average molecular weight is 249 g/mol. The molecule has 3 rings (SSSR count). The van der Waals surface area contributed by atoms with E-state index in [2.05, 4.69) is 54.0 Å². The Morgan fingerprint density at radius 1 is 0.737 bits per heavy atom. The molecule has 0 aliphatic rings. The second-order valence-corrected chi connectivity index (χ2v) is 4.38. The number of benzene rings is 3. The van der Waals surface area contributed by atoms with Gasteiger partial charge in [0.05, 0.1) is 12.8 Å². The minimum absolute atomic E-state index is 0.973. The lowest BCUT2D eigenvalue weighted by Crippen LogP contribution is -1.97. The maximum atomic E-state index is 5.05. The SMILES string of the molecule is CONc1ccccc1-c1cccc2ccccc12. The number of para-hydroxylation sites is 1. The van der Waals surface area contributed by atoms with Crippen LogP contribution in [0.15, 0.2) is 66.7 Å². The van der Waals surface area contributed by atoms with E-state index in [1.54, 1.807) is 7.11 Å².